The van der Waals surface area contributed by atoms with Crippen molar-refractivity contribution in [3.63, 3.8) is 0 Å². The van der Waals surface area contributed by atoms with Gasteiger partial charge in [0.1, 0.15) is 5.69 Å². The lowest BCUT2D eigenvalue weighted by Crippen LogP contribution is -2.40. The van der Waals surface area contributed by atoms with Crippen LogP contribution in [0.5, 0.6) is 0 Å². The van der Waals surface area contributed by atoms with Gasteiger partial charge in [-0.3, -0.25) is 4.99 Å². The quantitative estimate of drug-likeness (QED) is 0.378. The molecule has 0 amide bonds. The van der Waals surface area contributed by atoms with E-state index in [0.29, 0.717) is 19.0 Å². The van der Waals surface area contributed by atoms with Crippen LogP contribution in [-0.2, 0) is 6.18 Å². The zero-order valence-corrected chi connectivity index (χ0v) is 15.8. The largest absolute Gasteiger partial charge is 0.433 e. The summed E-state index contributed by atoms with van der Waals surface area (Å²) in [5.41, 5.74) is -0.958. The maximum Gasteiger partial charge on any atom is 0.433 e. The first-order valence-corrected chi connectivity index (χ1v) is 9.61. The van der Waals surface area contributed by atoms with Crippen LogP contribution < -0.4 is 16.0 Å². The molecule has 0 radical (unpaired) electrons. The van der Waals surface area contributed by atoms with Gasteiger partial charge in [-0.15, -0.1) is 0 Å². The van der Waals surface area contributed by atoms with Gasteiger partial charge in [0.2, 0.25) is 5.95 Å². The summed E-state index contributed by atoms with van der Waals surface area (Å²) in [6.07, 6.45) is -0.996. The van der Waals surface area contributed by atoms with Crippen LogP contribution in [0.1, 0.15) is 32.4 Å². The van der Waals surface area contributed by atoms with Crippen molar-refractivity contribution in [1.82, 2.24) is 20.6 Å². The van der Waals surface area contributed by atoms with E-state index in [-0.39, 0.29) is 10.7 Å². The Bertz CT molecular complexity index is 602. The zero-order valence-electron chi connectivity index (χ0n) is 15.0. The monoisotopic (exact) mass is 390 g/mol. The van der Waals surface area contributed by atoms with Crippen molar-refractivity contribution in [3.05, 3.63) is 18.0 Å². The van der Waals surface area contributed by atoms with Crippen LogP contribution in [0.15, 0.2) is 17.3 Å². The molecule has 1 aromatic rings. The second-order valence-electron chi connectivity index (χ2n) is 6.21. The van der Waals surface area contributed by atoms with E-state index in [0.717, 1.165) is 31.8 Å². The first-order valence-electron chi connectivity index (χ1n) is 8.63. The molecule has 0 bridgehead atoms. The van der Waals surface area contributed by atoms with E-state index in [2.05, 4.69) is 37.8 Å². The minimum Gasteiger partial charge on any atom is -0.357 e. The fourth-order valence-electron chi connectivity index (χ4n) is 2.51. The molecule has 0 saturated carbocycles. The first-order chi connectivity index (χ1) is 12.3. The second kappa shape index (κ2) is 9.29. The number of hydrogen-bond donors (Lipinski definition) is 3. The Morgan fingerprint density at radius 2 is 2.15 bits per heavy atom. The molecule has 0 spiro atoms. The van der Waals surface area contributed by atoms with Crippen LogP contribution in [0.2, 0.25) is 0 Å². The Morgan fingerprint density at radius 1 is 1.35 bits per heavy atom. The van der Waals surface area contributed by atoms with Crippen molar-refractivity contribution in [3.8, 4) is 0 Å². The van der Waals surface area contributed by atoms with Gasteiger partial charge < -0.3 is 16.0 Å². The van der Waals surface area contributed by atoms with Crippen molar-refractivity contribution in [2.24, 2.45) is 4.99 Å². The molecule has 1 unspecified atom stereocenters. The molecule has 1 aliphatic rings. The Labute approximate surface area is 155 Å². The molecule has 10 heteroatoms. The lowest BCUT2D eigenvalue weighted by Gasteiger charge is -2.21. The smallest absolute Gasteiger partial charge is 0.357 e. The van der Waals surface area contributed by atoms with Crippen molar-refractivity contribution in [2.45, 2.75) is 37.6 Å². The van der Waals surface area contributed by atoms with Gasteiger partial charge in [0, 0.05) is 30.6 Å². The predicted octanol–water partition coefficient (Wildman–Crippen LogP) is 2.75. The van der Waals surface area contributed by atoms with Gasteiger partial charge in [-0.25, -0.2) is 9.97 Å². The zero-order chi connectivity index (χ0) is 19.0. The molecule has 2 rings (SSSR count). The van der Waals surface area contributed by atoms with Gasteiger partial charge >= 0.3 is 6.18 Å². The fourth-order valence-corrected chi connectivity index (χ4v) is 3.73. The normalized spacial score (nSPS) is 20.9. The summed E-state index contributed by atoms with van der Waals surface area (Å²) in [4.78, 5) is 11.9. The number of rotatable bonds is 7. The maximum absolute atomic E-state index is 12.6. The number of guanidine groups is 1. The summed E-state index contributed by atoms with van der Waals surface area (Å²) < 4.78 is 38.1. The number of nitrogens with zero attached hydrogens (tertiary/aromatic N) is 3. The summed E-state index contributed by atoms with van der Waals surface area (Å²) in [6.45, 7) is 6.53. The van der Waals surface area contributed by atoms with Crippen molar-refractivity contribution in [2.75, 3.05) is 37.2 Å². The van der Waals surface area contributed by atoms with Crippen LogP contribution in [0.4, 0.5) is 19.1 Å². The van der Waals surface area contributed by atoms with E-state index in [1.165, 1.54) is 12.2 Å². The van der Waals surface area contributed by atoms with E-state index in [4.69, 9.17) is 0 Å². The summed E-state index contributed by atoms with van der Waals surface area (Å²) >= 11 is 1.95. The van der Waals surface area contributed by atoms with Gasteiger partial charge in [-0.1, -0.05) is 0 Å². The average molecular weight is 390 g/mol. The molecule has 6 nitrogen and oxygen atoms in total. The molecule has 1 atom stereocenters. The van der Waals surface area contributed by atoms with Gasteiger partial charge in [-0.2, -0.15) is 24.9 Å². The minimum atomic E-state index is -4.48. The molecule has 0 aromatic carbocycles. The molecule has 26 heavy (non-hydrogen) atoms. The molecular weight excluding hydrogens is 365 g/mol. The highest BCUT2D eigenvalue weighted by molar-refractivity contribution is 8.00. The van der Waals surface area contributed by atoms with Gasteiger partial charge in [0.05, 0.1) is 6.54 Å². The highest BCUT2D eigenvalue weighted by Gasteiger charge is 2.32. The number of anilines is 1. The number of aromatic nitrogens is 2. The van der Waals surface area contributed by atoms with E-state index >= 15 is 0 Å². The van der Waals surface area contributed by atoms with Gasteiger partial charge in [0.25, 0.3) is 0 Å². The van der Waals surface area contributed by atoms with E-state index in [1.54, 1.807) is 0 Å². The first kappa shape index (κ1) is 20.6. The highest BCUT2D eigenvalue weighted by atomic mass is 32.2. The van der Waals surface area contributed by atoms with Gasteiger partial charge in [0.15, 0.2) is 5.96 Å². The van der Waals surface area contributed by atoms with Crippen LogP contribution in [-0.4, -0.2) is 52.6 Å². The average Bonchev–Trinajstić information content (AvgIpc) is 3.03. The number of hydrogen-bond acceptors (Lipinski definition) is 5. The molecule has 2 heterocycles. The lowest BCUT2D eigenvalue weighted by atomic mass is 10.1. The van der Waals surface area contributed by atoms with Crippen LogP contribution in [0, 0.1) is 0 Å². The Hall–Kier alpha value is -1.71. The number of aliphatic imine (C=N–C) groups is 1. The third kappa shape index (κ3) is 6.54. The van der Waals surface area contributed by atoms with Crippen LogP contribution in [0.25, 0.3) is 0 Å². The SMILES string of the molecule is CCNC(=NCC1(C)CCCS1)NCCNc1nccc(C(F)(F)F)n1. The second-order valence-corrected chi connectivity index (χ2v) is 7.90. The van der Waals surface area contributed by atoms with Gasteiger partial charge in [-0.05, 0) is 38.5 Å². The Balaban J connectivity index is 1.80. The topological polar surface area (TPSA) is 74.2 Å². The minimum absolute atomic E-state index is 0.0431. The molecule has 146 valence electrons. The third-order valence-corrected chi connectivity index (χ3v) is 5.39. The lowest BCUT2D eigenvalue weighted by molar-refractivity contribution is -0.141. The van der Waals surface area contributed by atoms with Crippen LogP contribution in [0.3, 0.4) is 0 Å². The highest BCUT2D eigenvalue weighted by Crippen LogP contribution is 2.37. The summed E-state index contributed by atoms with van der Waals surface area (Å²) in [5.74, 6) is 1.84. The standard InChI is InChI=1S/C16H25F3N6S/c1-3-20-13(24-11-15(2)6-4-10-26-15)22-8-9-23-14-21-7-5-12(25-14)16(17,18)19/h5,7H,3-4,6,8-11H2,1-2H3,(H2,20,22,24)(H,21,23,25). The summed E-state index contributed by atoms with van der Waals surface area (Å²) in [6, 6.07) is 0.848. The Kier molecular flexibility index (Phi) is 7.36. The van der Waals surface area contributed by atoms with Crippen molar-refractivity contribution >= 4 is 23.7 Å². The molecule has 1 aromatic heterocycles. The van der Waals surface area contributed by atoms with Crippen molar-refractivity contribution in [1.29, 1.82) is 0 Å². The fraction of sp³-hybridized carbons (Fsp3) is 0.688. The third-order valence-electron chi connectivity index (χ3n) is 3.86. The van der Waals surface area contributed by atoms with E-state index in [1.807, 2.05) is 18.7 Å². The van der Waals surface area contributed by atoms with E-state index in [9.17, 15) is 13.2 Å². The Morgan fingerprint density at radius 3 is 2.81 bits per heavy atom. The molecular formula is C16H25F3N6S. The molecule has 1 saturated heterocycles. The number of halogens is 3. The van der Waals surface area contributed by atoms with E-state index < -0.39 is 11.9 Å². The maximum atomic E-state index is 12.6. The van der Waals surface area contributed by atoms with Crippen LogP contribution >= 0.6 is 11.8 Å². The molecule has 1 fully saturated rings. The number of thioether (sulfide) groups is 1. The van der Waals surface area contributed by atoms with Crippen molar-refractivity contribution < 1.29 is 13.2 Å². The predicted molar refractivity (Wildman–Crippen MR) is 99.6 cm³/mol. The molecule has 3 N–H and O–H groups in total. The number of alkyl halides is 3. The molecule has 0 aliphatic carbocycles. The number of nitrogens with one attached hydrogen (secondary N) is 3. The summed E-state index contributed by atoms with van der Waals surface area (Å²) in [5, 5.41) is 9.13. The molecule has 1 aliphatic heterocycles. The summed E-state index contributed by atoms with van der Waals surface area (Å²) in [7, 11) is 0.